The van der Waals surface area contributed by atoms with Crippen LogP contribution in [-0.4, -0.2) is 10.1 Å². The molecule has 1 N–H and O–H groups in total. The Hall–Kier alpha value is -4.23. The van der Waals surface area contributed by atoms with Gasteiger partial charge in [0, 0.05) is 11.6 Å². The third-order valence-corrected chi connectivity index (χ3v) is 7.90. The molecule has 0 aromatic heterocycles. The highest BCUT2D eigenvalue weighted by atomic mass is 32.2. The Bertz CT molecular complexity index is 1570. The molecule has 0 saturated carbocycles. The maximum atomic E-state index is 14.4. The van der Waals surface area contributed by atoms with E-state index in [0.717, 1.165) is 40.7 Å². The predicted octanol–water partition coefficient (Wildman–Crippen LogP) is 6.27. The van der Waals surface area contributed by atoms with Crippen LogP contribution in [0.5, 0.6) is 11.5 Å². The van der Waals surface area contributed by atoms with Gasteiger partial charge in [-0.05, 0) is 71.0 Å². The molecule has 2 aliphatic rings. The van der Waals surface area contributed by atoms with Crippen LogP contribution in [0.25, 0.3) is 16.0 Å². The number of nitrogens with one attached hydrogen (secondary N) is 1. The van der Waals surface area contributed by atoms with E-state index in [9.17, 15) is 13.4 Å². The Morgan fingerprint density at radius 1 is 0.921 bits per heavy atom. The number of carbonyl (C=O) groups excluding carboxylic acids is 1. The van der Waals surface area contributed by atoms with Crippen molar-refractivity contribution < 1.29 is 22.9 Å². The second-order valence-corrected chi connectivity index (χ2v) is 10.4. The van der Waals surface area contributed by atoms with E-state index < -0.39 is 11.0 Å². The van der Waals surface area contributed by atoms with E-state index >= 15 is 0 Å². The highest BCUT2D eigenvalue weighted by Crippen LogP contribution is 2.43. The van der Waals surface area contributed by atoms with Crippen LogP contribution >= 0.6 is 0 Å². The normalized spacial score (nSPS) is 18.0. The highest BCUT2D eigenvalue weighted by Gasteiger charge is 2.28. The number of benzene rings is 4. The molecule has 1 aliphatic carbocycles. The summed E-state index contributed by atoms with van der Waals surface area (Å²) in [6, 6.07) is 27.8. The van der Waals surface area contributed by atoms with Crippen molar-refractivity contribution in [2.45, 2.75) is 25.6 Å². The minimum absolute atomic E-state index is 0.152. The summed E-state index contributed by atoms with van der Waals surface area (Å²) in [5.41, 5.74) is 5.61. The maximum absolute atomic E-state index is 14.4. The van der Waals surface area contributed by atoms with Gasteiger partial charge < -0.3 is 9.47 Å². The minimum atomic E-state index is -1.54. The number of carbonyl (C=O) groups is 1. The molecule has 190 valence electrons. The molecule has 38 heavy (non-hydrogen) atoms. The van der Waals surface area contributed by atoms with Gasteiger partial charge in [0.1, 0.15) is 30.0 Å². The van der Waals surface area contributed by atoms with E-state index in [4.69, 9.17) is 9.47 Å². The third-order valence-electron chi connectivity index (χ3n) is 6.76. The molecule has 1 aliphatic heterocycles. The van der Waals surface area contributed by atoms with Crippen LogP contribution < -0.4 is 14.2 Å². The molecule has 2 atom stereocenters. The number of fused-ring (bicyclic) bond motifs is 1. The van der Waals surface area contributed by atoms with Crippen molar-refractivity contribution in [3.63, 3.8) is 0 Å². The fourth-order valence-electron chi connectivity index (χ4n) is 4.97. The number of hydrogen-bond acceptors (Lipinski definition) is 4. The van der Waals surface area contributed by atoms with Gasteiger partial charge in [-0.2, -0.15) is 0 Å². The average molecular weight is 526 g/mol. The lowest BCUT2D eigenvalue weighted by Crippen LogP contribution is -2.16. The van der Waals surface area contributed by atoms with Gasteiger partial charge >= 0.3 is 0 Å². The summed E-state index contributed by atoms with van der Waals surface area (Å²) in [6.07, 6.45) is 2.78. The number of rotatable bonds is 7. The largest absolute Gasteiger partial charge is 0.488 e. The lowest BCUT2D eigenvalue weighted by Gasteiger charge is -2.17. The van der Waals surface area contributed by atoms with E-state index in [-0.39, 0.29) is 17.8 Å². The maximum Gasteiger partial charge on any atom is 0.257 e. The molecule has 0 spiro atoms. The Labute approximate surface area is 222 Å². The average Bonchev–Trinajstić information content (AvgIpc) is 3.50. The van der Waals surface area contributed by atoms with E-state index in [0.29, 0.717) is 28.6 Å². The summed E-state index contributed by atoms with van der Waals surface area (Å²) in [5.74, 6) is 0.642. The zero-order chi connectivity index (χ0) is 26.1. The summed E-state index contributed by atoms with van der Waals surface area (Å²) in [5, 5.41) is 0. The summed E-state index contributed by atoms with van der Waals surface area (Å²) in [7, 11) is -1.54. The van der Waals surface area contributed by atoms with Gasteiger partial charge in [0.05, 0.1) is 4.91 Å². The SMILES string of the molecule is O=C1C=C(c2ccc(O[C@@H]3CCc4c(-c5cc(F)ccc5OCc5ccccc5)cccc43)cc2)S(=O)N1. The van der Waals surface area contributed by atoms with Gasteiger partial charge in [-0.15, -0.1) is 0 Å². The van der Waals surface area contributed by atoms with Crippen LogP contribution in [0, 0.1) is 5.82 Å². The molecule has 1 heterocycles. The fourth-order valence-corrected chi connectivity index (χ4v) is 5.88. The summed E-state index contributed by atoms with van der Waals surface area (Å²) in [4.78, 5) is 11.9. The monoisotopic (exact) mass is 525 g/mol. The first kappa shape index (κ1) is 24.1. The molecule has 1 amide bonds. The number of halogens is 1. The molecule has 0 saturated heterocycles. The van der Waals surface area contributed by atoms with Crippen LogP contribution in [0.1, 0.15) is 34.8 Å². The van der Waals surface area contributed by atoms with Crippen molar-refractivity contribution in [3.05, 3.63) is 125 Å². The molecule has 4 aromatic rings. The summed E-state index contributed by atoms with van der Waals surface area (Å²) < 4.78 is 41.3. The van der Waals surface area contributed by atoms with Crippen LogP contribution in [0.2, 0.25) is 0 Å². The van der Waals surface area contributed by atoms with Crippen molar-refractivity contribution in [1.29, 1.82) is 0 Å². The molecule has 0 bridgehead atoms. The lowest BCUT2D eigenvalue weighted by molar-refractivity contribution is -0.114. The Balaban J connectivity index is 1.24. The van der Waals surface area contributed by atoms with Gasteiger partial charge in [0.2, 0.25) is 0 Å². The van der Waals surface area contributed by atoms with E-state index in [2.05, 4.69) is 10.8 Å². The Morgan fingerprint density at radius 3 is 2.50 bits per heavy atom. The van der Waals surface area contributed by atoms with Crippen molar-refractivity contribution in [2.24, 2.45) is 0 Å². The molecule has 4 aromatic carbocycles. The van der Waals surface area contributed by atoms with Crippen molar-refractivity contribution in [1.82, 2.24) is 4.72 Å². The summed E-state index contributed by atoms with van der Waals surface area (Å²) in [6.45, 7) is 0.394. The first-order chi connectivity index (χ1) is 18.5. The molecule has 6 rings (SSSR count). The van der Waals surface area contributed by atoms with Gasteiger partial charge in [-0.25, -0.2) is 8.60 Å². The minimum Gasteiger partial charge on any atom is -0.488 e. The molecule has 7 heteroatoms. The van der Waals surface area contributed by atoms with Gasteiger partial charge in [-0.1, -0.05) is 60.7 Å². The van der Waals surface area contributed by atoms with Gasteiger partial charge in [-0.3, -0.25) is 9.52 Å². The Morgan fingerprint density at radius 2 is 1.74 bits per heavy atom. The smallest absolute Gasteiger partial charge is 0.257 e. The lowest BCUT2D eigenvalue weighted by atomic mass is 9.96. The zero-order valence-corrected chi connectivity index (χ0v) is 21.2. The third kappa shape index (κ3) is 4.85. The van der Waals surface area contributed by atoms with Crippen LogP contribution in [0.15, 0.2) is 97.1 Å². The topological polar surface area (TPSA) is 64.6 Å². The van der Waals surface area contributed by atoms with Crippen molar-refractivity contribution in [3.8, 4) is 22.6 Å². The molecular weight excluding hydrogens is 501 g/mol. The fraction of sp³-hybridized carbons (Fsp3) is 0.129. The molecular formula is C31H24FNO4S. The standard InChI is InChI=1S/C31H24FNO4S/c32-22-11-15-28(36-19-20-5-2-1-3-6-20)27(17-22)24-7-4-8-26-25(24)14-16-29(26)37-23-12-9-21(10-13-23)30-18-31(34)33-38(30)35/h1-13,15,17-18,29H,14,16,19H2,(H,33,34)/t29-,38?/m1/s1. The van der Waals surface area contributed by atoms with Crippen LogP contribution in [0.3, 0.4) is 0 Å². The second-order valence-electron chi connectivity index (χ2n) is 9.20. The number of hydrogen-bond donors (Lipinski definition) is 1. The quantitative estimate of drug-likeness (QED) is 0.309. The number of ether oxygens (including phenoxy) is 2. The van der Waals surface area contributed by atoms with E-state index in [1.165, 1.54) is 18.2 Å². The first-order valence-corrected chi connectivity index (χ1v) is 13.5. The second kappa shape index (κ2) is 10.3. The van der Waals surface area contributed by atoms with Gasteiger partial charge in [0.25, 0.3) is 5.91 Å². The highest BCUT2D eigenvalue weighted by molar-refractivity contribution is 7.93. The predicted molar refractivity (Wildman–Crippen MR) is 145 cm³/mol. The van der Waals surface area contributed by atoms with Crippen molar-refractivity contribution in [2.75, 3.05) is 0 Å². The molecule has 5 nitrogen and oxygen atoms in total. The number of amides is 1. The van der Waals surface area contributed by atoms with Gasteiger partial charge in [0.15, 0.2) is 11.0 Å². The molecule has 1 unspecified atom stereocenters. The molecule has 0 fully saturated rings. The van der Waals surface area contributed by atoms with E-state index in [1.54, 1.807) is 18.2 Å². The summed E-state index contributed by atoms with van der Waals surface area (Å²) >= 11 is 0. The zero-order valence-electron chi connectivity index (χ0n) is 20.4. The Kier molecular flexibility index (Phi) is 6.52. The molecule has 0 radical (unpaired) electrons. The van der Waals surface area contributed by atoms with Crippen LogP contribution in [0.4, 0.5) is 4.39 Å². The van der Waals surface area contributed by atoms with Crippen molar-refractivity contribution >= 4 is 21.8 Å². The van der Waals surface area contributed by atoms with Crippen LogP contribution in [-0.2, 0) is 28.8 Å². The first-order valence-electron chi connectivity index (χ1n) is 12.3. The van der Waals surface area contributed by atoms with E-state index in [1.807, 2.05) is 54.6 Å².